The molecule has 0 saturated heterocycles. The molecule has 116 valence electrons. The van der Waals surface area contributed by atoms with Crippen LogP contribution in [0.4, 0.5) is 0 Å². The highest BCUT2D eigenvalue weighted by molar-refractivity contribution is 5.91. The highest BCUT2D eigenvalue weighted by atomic mass is 16.4. The van der Waals surface area contributed by atoms with Crippen molar-refractivity contribution in [3.8, 4) is 11.4 Å². The number of aromatic nitrogens is 3. The molecule has 0 radical (unpaired) electrons. The Morgan fingerprint density at radius 1 is 1.36 bits per heavy atom. The van der Waals surface area contributed by atoms with Gasteiger partial charge in [0.1, 0.15) is 5.82 Å². The number of carboxylic acids is 1. The van der Waals surface area contributed by atoms with Gasteiger partial charge < -0.3 is 10.1 Å². The zero-order valence-electron chi connectivity index (χ0n) is 13.0. The number of nitrogens with one attached hydrogen (secondary N) is 1. The second-order valence-corrected chi connectivity index (χ2v) is 6.09. The molecular formula is C17H21N3O2. The number of carboxylic acid groups (broad SMARTS) is 1. The smallest absolute Gasteiger partial charge is 0.335 e. The summed E-state index contributed by atoms with van der Waals surface area (Å²) < 4.78 is 0. The number of aryl methyl sites for hydroxylation is 1. The minimum atomic E-state index is -0.885. The molecule has 2 N–H and O–H groups in total. The summed E-state index contributed by atoms with van der Waals surface area (Å²) in [7, 11) is 0. The summed E-state index contributed by atoms with van der Waals surface area (Å²) in [6, 6.07) is 3.77. The van der Waals surface area contributed by atoms with Crippen molar-refractivity contribution in [1.82, 2.24) is 15.2 Å². The van der Waals surface area contributed by atoms with Gasteiger partial charge in [0.15, 0.2) is 5.82 Å². The molecule has 22 heavy (non-hydrogen) atoms. The van der Waals surface area contributed by atoms with Crippen molar-refractivity contribution in [2.24, 2.45) is 5.92 Å². The Balaban J connectivity index is 2.03. The quantitative estimate of drug-likeness (QED) is 0.887. The summed E-state index contributed by atoms with van der Waals surface area (Å²) in [6.07, 6.45) is 5.51. The summed E-state index contributed by atoms with van der Waals surface area (Å²) >= 11 is 0. The van der Waals surface area contributed by atoms with Gasteiger partial charge >= 0.3 is 5.97 Å². The average molecular weight is 299 g/mol. The van der Waals surface area contributed by atoms with E-state index in [1.165, 1.54) is 19.3 Å². The van der Waals surface area contributed by atoms with Crippen LogP contribution in [-0.4, -0.2) is 26.3 Å². The van der Waals surface area contributed by atoms with Crippen LogP contribution in [0.1, 0.15) is 53.5 Å². The molecule has 0 unspecified atom stereocenters. The molecule has 1 aliphatic rings. The lowest BCUT2D eigenvalue weighted by molar-refractivity contribution is 0.0696. The lowest BCUT2D eigenvalue weighted by atomic mass is 9.79. The van der Waals surface area contributed by atoms with Gasteiger partial charge in [-0.25, -0.2) is 4.79 Å². The van der Waals surface area contributed by atoms with Crippen molar-refractivity contribution in [3.05, 3.63) is 34.6 Å². The van der Waals surface area contributed by atoms with E-state index < -0.39 is 5.97 Å². The Morgan fingerprint density at radius 2 is 2.14 bits per heavy atom. The van der Waals surface area contributed by atoms with E-state index in [0.717, 1.165) is 35.4 Å². The highest BCUT2D eigenvalue weighted by Gasteiger charge is 2.21. The SMILES string of the molecule is CCc1nnc(-c2cc(CC3CCC3)c(C)c(C(=O)O)c2)[nH]1. The molecule has 1 fully saturated rings. The number of nitrogens with zero attached hydrogens (tertiary/aromatic N) is 2. The molecule has 0 bridgehead atoms. The molecule has 0 amide bonds. The monoisotopic (exact) mass is 299 g/mol. The molecule has 1 aromatic carbocycles. The van der Waals surface area contributed by atoms with Crippen LogP contribution in [0, 0.1) is 12.8 Å². The second kappa shape index (κ2) is 5.91. The lowest BCUT2D eigenvalue weighted by Crippen LogP contribution is -2.15. The summed E-state index contributed by atoms with van der Waals surface area (Å²) in [5, 5.41) is 17.7. The third-order valence-corrected chi connectivity index (χ3v) is 4.62. The Morgan fingerprint density at radius 3 is 2.68 bits per heavy atom. The first-order valence-corrected chi connectivity index (χ1v) is 7.87. The number of H-pyrrole nitrogens is 1. The van der Waals surface area contributed by atoms with Gasteiger partial charge in [0, 0.05) is 12.0 Å². The fourth-order valence-electron chi connectivity index (χ4n) is 2.94. The maximum atomic E-state index is 11.5. The van der Waals surface area contributed by atoms with Gasteiger partial charge in [-0.15, -0.1) is 10.2 Å². The molecule has 1 saturated carbocycles. The topological polar surface area (TPSA) is 78.9 Å². The van der Waals surface area contributed by atoms with E-state index in [2.05, 4.69) is 21.2 Å². The number of aromatic amines is 1. The van der Waals surface area contributed by atoms with Crippen molar-refractivity contribution < 1.29 is 9.90 Å². The zero-order chi connectivity index (χ0) is 15.7. The van der Waals surface area contributed by atoms with Gasteiger partial charge in [0.05, 0.1) is 5.56 Å². The van der Waals surface area contributed by atoms with E-state index in [-0.39, 0.29) is 0 Å². The molecule has 1 aromatic heterocycles. The standard InChI is InChI=1S/C17H21N3O2/c1-3-15-18-16(20-19-15)13-8-12(7-11-5-4-6-11)10(2)14(9-13)17(21)22/h8-9,11H,3-7H2,1-2H3,(H,21,22)(H,18,19,20). The molecule has 1 heterocycles. The Kier molecular flexibility index (Phi) is 3.96. The molecule has 5 nitrogen and oxygen atoms in total. The van der Waals surface area contributed by atoms with Gasteiger partial charge in [0.2, 0.25) is 0 Å². The van der Waals surface area contributed by atoms with Crippen LogP contribution in [0.3, 0.4) is 0 Å². The number of carbonyl (C=O) groups is 1. The average Bonchev–Trinajstić information content (AvgIpc) is 2.92. The maximum absolute atomic E-state index is 11.5. The molecule has 3 rings (SSSR count). The van der Waals surface area contributed by atoms with Crippen LogP contribution in [0.15, 0.2) is 12.1 Å². The number of hydrogen-bond donors (Lipinski definition) is 2. The van der Waals surface area contributed by atoms with Crippen LogP contribution in [0.2, 0.25) is 0 Å². The first-order chi connectivity index (χ1) is 10.6. The van der Waals surface area contributed by atoms with Crippen LogP contribution in [0.25, 0.3) is 11.4 Å². The molecule has 1 aliphatic carbocycles. The van der Waals surface area contributed by atoms with E-state index in [9.17, 15) is 9.90 Å². The Labute approximate surface area is 129 Å². The molecule has 0 spiro atoms. The first kappa shape index (κ1) is 14.8. The van der Waals surface area contributed by atoms with Crippen molar-refractivity contribution in [3.63, 3.8) is 0 Å². The van der Waals surface area contributed by atoms with E-state index in [4.69, 9.17) is 0 Å². The molecule has 0 aliphatic heterocycles. The van der Waals surface area contributed by atoms with Crippen molar-refractivity contribution in [1.29, 1.82) is 0 Å². The summed E-state index contributed by atoms with van der Waals surface area (Å²) in [5.74, 6) is 1.27. The molecule has 2 aromatic rings. The minimum Gasteiger partial charge on any atom is -0.478 e. The first-order valence-electron chi connectivity index (χ1n) is 7.87. The van der Waals surface area contributed by atoms with Crippen LogP contribution < -0.4 is 0 Å². The van der Waals surface area contributed by atoms with Crippen molar-refractivity contribution >= 4 is 5.97 Å². The molecule has 0 atom stereocenters. The van der Waals surface area contributed by atoms with Crippen LogP contribution in [-0.2, 0) is 12.8 Å². The third-order valence-electron chi connectivity index (χ3n) is 4.62. The normalized spacial score (nSPS) is 14.8. The van der Waals surface area contributed by atoms with Gasteiger partial charge in [-0.3, -0.25) is 0 Å². The van der Waals surface area contributed by atoms with Crippen LogP contribution in [0.5, 0.6) is 0 Å². The van der Waals surface area contributed by atoms with E-state index in [1.54, 1.807) is 6.07 Å². The molecule has 5 heteroatoms. The maximum Gasteiger partial charge on any atom is 0.335 e. The number of aromatic carboxylic acids is 1. The van der Waals surface area contributed by atoms with Gasteiger partial charge in [-0.05, 0) is 42.5 Å². The van der Waals surface area contributed by atoms with Gasteiger partial charge in [0.25, 0.3) is 0 Å². The van der Waals surface area contributed by atoms with Gasteiger partial charge in [-0.1, -0.05) is 26.2 Å². The summed E-state index contributed by atoms with van der Waals surface area (Å²) in [5.41, 5.74) is 3.17. The Bertz CT molecular complexity index is 702. The van der Waals surface area contributed by atoms with E-state index in [0.29, 0.717) is 17.3 Å². The van der Waals surface area contributed by atoms with Crippen molar-refractivity contribution in [2.45, 2.75) is 46.0 Å². The number of rotatable bonds is 5. The highest BCUT2D eigenvalue weighted by Crippen LogP contribution is 2.33. The number of hydrogen-bond acceptors (Lipinski definition) is 3. The fourth-order valence-corrected chi connectivity index (χ4v) is 2.94. The predicted octanol–water partition coefficient (Wildman–Crippen LogP) is 3.38. The summed E-state index contributed by atoms with van der Waals surface area (Å²) in [4.78, 5) is 14.7. The van der Waals surface area contributed by atoms with E-state index >= 15 is 0 Å². The Hall–Kier alpha value is -2.17. The predicted molar refractivity (Wildman–Crippen MR) is 83.9 cm³/mol. The number of benzene rings is 1. The lowest BCUT2D eigenvalue weighted by Gasteiger charge is -2.26. The van der Waals surface area contributed by atoms with Gasteiger partial charge in [-0.2, -0.15) is 0 Å². The van der Waals surface area contributed by atoms with Crippen LogP contribution >= 0.6 is 0 Å². The third kappa shape index (κ3) is 2.75. The largest absolute Gasteiger partial charge is 0.478 e. The minimum absolute atomic E-state index is 0.362. The summed E-state index contributed by atoms with van der Waals surface area (Å²) in [6.45, 7) is 3.91. The van der Waals surface area contributed by atoms with E-state index in [1.807, 2.05) is 13.8 Å². The van der Waals surface area contributed by atoms with Crippen molar-refractivity contribution in [2.75, 3.05) is 0 Å². The molecular weight excluding hydrogens is 278 g/mol. The zero-order valence-corrected chi connectivity index (χ0v) is 13.0. The fraction of sp³-hybridized carbons (Fsp3) is 0.471. The second-order valence-electron chi connectivity index (χ2n) is 6.09.